The Morgan fingerprint density at radius 2 is 2.25 bits per heavy atom. The molecule has 1 N–H and O–H groups in total. The zero-order valence-corrected chi connectivity index (χ0v) is 11.1. The molecule has 0 aliphatic carbocycles. The Labute approximate surface area is 105 Å². The summed E-state index contributed by atoms with van der Waals surface area (Å²) in [4.78, 5) is 4.37. The zero-order chi connectivity index (χ0) is 11.4. The summed E-state index contributed by atoms with van der Waals surface area (Å²) in [6, 6.07) is 2.08. The fraction of sp³-hybridized carbons (Fsp3) is 0.583. The molecule has 4 heteroatoms. The van der Waals surface area contributed by atoms with E-state index in [2.05, 4.69) is 32.3 Å². The first kappa shape index (κ1) is 11.9. The number of halogens is 1. The average Bonchev–Trinajstić information content (AvgIpc) is 2.29. The van der Waals surface area contributed by atoms with Crippen molar-refractivity contribution in [1.29, 1.82) is 0 Å². The standard InChI is InChI=1S/C12H17BrN2O/c1-9-6-11(13)12(14-7-9)15-8-10-2-4-16-5-3-10/h6-7,10H,2-5,8H2,1H3,(H,14,15). The molecule has 88 valence electrons. The molecule has 0 radical (unpaired) electrons. The molecule has 1 aromatic heterocycles. The Bertz CT molecular complexity index is 351. The van der Waals surface area contributed by atoms with Crippen LogP contribution in [0.4, 0.5) is 5.82 Å². The van der Waals surface area contributed by atoms with Gasteiger partial charge in [-0.25, -0.2) is 4.98 Å². The van der Waals surface area contributed by atoms with Gasteiger partial charge in [0.05, 0.1) is 4.47 Å². The molecular weight excluding hydrogens is 268 g/mol. The minimum Gasteiger partial charge on any atom is -0.381 e. The van der Waals surface area contributed by atoms with Gasteiger partial charge in [0.15, 0.2) is 0 Å². The van der Waals surface area contributed by atoms with Gasteiger partial charge in [-0.3, -0.25) is 0 Å². The molecule has 2 rings (SSSR count). The molecule has 16 heavy (non-hydrogen) atoms. The molecule has 0 bridgehead atoms. The van der Waals surface area contributed by atoms with E-state index < -0.39 is 0 Å². The molecule has 1 fully saturated rings. The van der Waals surface area contributed by atoms with Gasteiger partial charge in [0.1, 0.15) is 5.82 Å². The van der Waals surface area contributed by atoms with E-state index in [9.17, 15) is 0 Å². The third kappa shape index (κ3) is 3.19. The third-order valence-electron chi connectivity index (χ3n) is 2.88. The number of hydrogen-bond donors (Lipinski definition) is 1. The van der Waals surface area contributed by atoms with Gasteiger partial charge in [0, 0.05) is 26.0 Å². The number of nitrogens with one attached hydrogen (secondary N) is 1. The number of pyridine rings is 1. The smallest absolute Gasteiger partial charge is 0.140 e. The number of ether oxygens (including phenoxy) is 1. The number of aromatic nitrogens is 1. The quantitative estimate of drug-likeness (QED) is 0.927. The highest BCUT2D eigenvalue weighted by molar-refractivity contribution is 9.10. The topological polar surface area (TPSA) is 34.2 Å². The second-order valence-electron chi connectivity index (χ2n) is 4.28. The number of rotatable bonds is 3. The summed E-state index contributed by atoms with van der Waals surface area (Å²) in [7, 11) is 0. The molecule has 0 saturated carbocycles. The molecule has 0 atom stereocenters. The lowest BCUT2D eigenvalue weighted by atomic mass is 10.0. The minimum atomic E-state index is 0.712. The minimum absolute atomic E-state index is 0.712. The van der Waals surface area contributed by atoms with Crippen LogP contribution in [-0.2, 0) is 4.74 Å². The molecule has 0 aromatic carbocycles. The van der Waals surface area contributed by atoms with Gasteiger partial charge in [-0.05, 0) is 53.2 Å². The van der Waals surface area contributed by atoms with Gasteiger partial charge >= 0.3 is 0 Å². The van der Waals surface area contributed by atoms with Crippen molar-refractivity contribution >= 4 is 21.7 Å². The first-order valence-corrected chi connectivity index (χ1v) is 6.49. The molecule has 1 aromatic rings. The lowest BCUT2D eigenvalue weighted by Gasteiger charge is -2.22. The highest BCUT2D eigenvalue weighted by atomic mass is 79.9. The molecular formula is C12H17BrN2O. The maximum absolute atomic E-state index is 5.34. The van der Waals surface area contributed by atoms with E-state index in [1.165, 1.54) is 5.56 Å². The van der Waals surface area contributed by atoms with Gasteiger partial charge in [-0.2, -0.15) is 0 Å². The number of nitrogens with zero attached hydrogens (tertiary/aromatic N) is 1. The van der Waals surface area contributed by atoms with Crippen LogP contribution in [0.15, 0.2) is 16.7 Å². The first-order chi connectivity index (χ1) is 7.75. The van der Waals surface area contributed by atoms with Crippen LogP contribution in [0.5, 0.6) is 0 Å². The summed E-state index contributed by atoms with van der Waals surface area (Å²) >= 11 is 3.52. The van der Waals surface area contributed by atoms with Gasteiger partial charge in [-0.1, -0.05) is 0 Å². The largest absolute Gasteiger partial charge is 0.381 e. The van der Waals surface area contributed by atoms with Crippen molar-refractivity contribution in [3.8, 4) is 0 Å². The second kappa shape index (κ2) is 5.64. The van der Waals surface area contributed by atoms with Crippen molar-refractivity contribution in [2.24, 2.45) is 5.92 Å². The van der Waals surface area contributed by atoms with Gasteiger partial charge < -0.3 is 10.1 Å². The summed E-state index contributed by atoms with van der Waals surface area (Å²) in [5.41, 5.74) is 1.17. The van der Waals surface area contributed by atoms with E-state index in [-0.39, 0.29) is 0 Å². The van der Waals surface area contributed by atoms with Gasteiger partial charge in [0.2, 0.25) is 0 Å². The SMILES string of the molecule is Cc1cnc(NCC2CCOCC2)c(Br)c1. The van der Waals surface area contributed by atoms with Crippen LogP contribution in [-0.4, -0.2) is 24.7 Å². The van der Waals surface area contributed by atoms with Crippen molar-refractivity contribution in [2.75, 3.05) is 25.1 Å². The Hall–Kier alpha value is -0.610. The lowest BCUT2D eigenvalue weighted by Crippen LogP contribution is -2.23. The van der Waals surface area contributed by atoms with Crippen molar-refractivity contribution in [1.82, 2.24) is 4.98 Å². The fourth-order valence-electron chi connectivity index (χ4n) is 1.86. The highest BCUT2D eigenvalue weighted by Gasteiger charge is 2.13. The van der Waals surface area contributed by atoms with E-state index in [4.69, 9.17) is 4.74 Å². The number of hydrogen-bond acceptors (Lipinski definition) is 3. The Morgan fingerprint density at radius 3 is 2.94 bits per heavy atom. The first-order valence-electron chi connectivity index (χ1n) is 5.69. The van der Waals surface area contributed by atoms with E-state index in [0.717, 1.165) is 42.9 Å². The molecule has 1 aliphatic heterocycles. The lowest BCUT2D eigenvalue weighted by molar-refractivity contribution is 0.0699. The predicted molar refractivity (Wildman–Crippen MR) is 68.7 cm³/mol. The van der Waals surface area contributed by atoms with Crippen LogP contribution in [0.3, 0.4) is 0 Å². The normalized spacial score (nSPS) is 17.4. The summed E-state index contributed by atoms with van der Waals surface area (Å²) in [6.45, 7) is 4.82. The van der Waals surface area contributed by atoms with Gasteiger partial charge in [-0.15, -0.1) is 0 Å². The van der Waals surface area contributed by atoms with Crippen LogP contribution in [0, 0.1) is 12.8 Å². The summed E-state index contributed by atoms with van der Waals surface area (Å²) in [6.07, 6.45) is 4.18. The van der Waals surface area contributed by atoms with Crippen molar-refractivity contribution in [3.63, 3.8) is 0 Å². The zero-order valence-electron chi connectivity index (χ0n) is 9.50. The van der Waals surface area contributed by atoms with Crippen LogP contribution in [0.2, 0.25) is 0 Å². The van der Waals surface area contributed by atoms with E-state index in [0.29, 0.717) is 5.92 Å². The van der Waals surface area contributed by atoms with Crippen molar-refractivity contribution in [2.45, 2.75) is 19.8 Å². The van der Waals surface area contributed by atoms with Crippen LogP contribution in [0.1, 0.15) is 18.4 Å². The molecule has 1 aliphatic rings. The number of anilines is 1. The van der Waals surface area contributed by atoms with E-state index in [1.807, 2.05) is 13.1 Å². The molecule has 0 amide bonds. The second-order valence-corrected chi connectivity index (χ2v) is 5.13. The fourth-order valence-corrected chi connectivity index (χ4v) is 2.46. The molecule has 3 nitrogen and oxygen atoms in total. The monoisotopic (exact) mass is 284 g/mol. The van der Waals surface area contributed by atoms with Crippen LogP contribution in [0.25, 0.3) is 0 Å². The molecule has 0 unspecified atom stereocenters. The molecule has 2 heterocycles. The highest BCUT2D eigenvalue weighted by Crippen LogP contribution is 2.22. The Balaban J connectivity index is 1.88. The predicted octanol–water partition coefficient (Wildman–Crippen LogP) is 2.99. The molecule has 1 saturated heterocycles. The average molecular weight is 285 g/mol. The maximum atomic E-state index is 5.34. The van der Waals surface area contributed by atoms with E-state index in [1.54, 1.807) is 0 Å². The van der Waals surface area contributed by atoms with Crippen LogP contribution >= 0.6 is 15.9 Å². The van der Waals surface area contributed by atoms with Crippen molar-refractivity contribution in [3.05, 3.63) is 22.3 Å². The Morgan fingerprint density at radius 1 is 1.50 bits per heavy atom. The summed E-state index contributed by atoms with van der Waals surface area (Å²) < 4.78 is 6.38. The van der Waals surface area contributed by atoms with Crippen LogP contribution < -0.4 is 5.32 Å². The van der Waals surface area contributed by atoms with Crippen molar-refractivity contribution < 1.29 is 4.74 Å². The maximum Gasteiger partial charge on any atom is 0.140 e. The molecule has 0 spiro atoms. The number of aryl methyl sites for hydroxylation is 1. The van der Waals surface area contributed by atoms with E-state index >= 15 is 0 Å². The summed E-state index contributed by atoms with van der Waals surface area (Å²) in [5.74, 6) is 1.65. The third-order valence-corrected chi connectivity index (χ3v) is 3.48. The summed E-state index contributed by atoms with van der Waals surface area (Å²) in [5, 5.41) is 3.40. The Kier molecular flexibility index (Phi) is 4.18. The van der Waals surface area contributed by atoms with Gasteiger partial charge in [0.25, 0.3) is 0 Å².